The molecule has 0 aliphatic heterocycles. The first kappa shape index (κ1) is 16.1. The number of urea groups is 1. The van der Waals surface area contributed by atoms with E-state index in [4.69, 9.17) is 10.5 Å². The summed E-state index contributed by atoms with van der Waals surface area (Å²) in [6, 6.07) is 17.7. The fourth-order valence-electron chi connectivity index (χ4n) is 2.20. The summed E-state index contributed by atoms with van der Waals surface area (Å²) < 4.78 is 0. The Hall–Kier alpha value is -3.31. The first-order chi connectivity index (χ1) is 11.1. The quantitative estimate of drug-likeness (QED) is 0.871. The van der Waals surface area contributed by atoms with E-state index in [0.717, 1.165) is 5.69 Å². The summed E-state index contributed by atoms with van der Waals surface area (Å²) in [5.74, 6) is 0. The summed E-state index contributed by atoms with van der Waals surface area (Å²) in [5.41, 5.74) is 2.55. The lowest BCUT2D eigenvalue weighted by Gasteiger charge is -2.27. The molecule has 0 saturated heterocycles. The molecular formula is C18H16N4O. The topological polar surface area (TPSA) is 71.1 Å². The van der Waals surface area contributed by atoms with Gasteiger partial charge in [-0.1, -0.05) is 0 Å². The molecule has 2 rings (SSSR count). The molecule has 2 aromatic rings. The zero-order valence-corrected chi connectivity index (χ0v) is 13.0. The number of rotatable bonds is 3. The van der Waals surface area contributed by atoms with Crippen LogP contribution in [0.25, 0.3) is 0 Å². The highest BCUT2D eigenvalue weighted by Gasteiger charge is 2.19. The first-order valence-electron chi connectivity index (χ1n) is 7.16. The number of carbonyl (C=O) groups excluding carboxylic acids is 1. The average molecular weight is 304 g/mol. The summed E-state index contributed by atoms with van der Waals surface area (Å²) in [7, 11) is 1.69. The third-order valence-electron chi connectivity index (χ3n) is 3.53. The molecule has 0 aliphatic rings. The average Bonchev–Trinajstić information content (AvgIpc) is 2.62. The monoisotopic (exact) mass is 304 g/mol. The SMILES string of the molecule is CCN(C(=O)N(C)c1ccc(C#N)cc1)c1ccc(C#N)cc1. The van der Waals surface area contributed by atoms with E-state index in [1.54, 1.807) is 60.5 Å². The number of benzene rings is 2. The van der Waals surface area contributed by atoms with Gasteiger partial charge in [0.2, 0.25) is 0 Å². The van der Waals surface area contributed by atoms with Crippen molar-refractivity contribution in [1.82, 2.24) is 0 Å². The van der Waals surface area contributed by atoms with Crippen molar-refractivity contribution in [2.75, 3.05) is 23.4 Å². The minimum Gasteiger partial charge on any atom is -0.297 e. The highest BCUT2D eigenvalue weighted by atomic mass is 16.2. The second-order valence-electron chi connectivity index (χ2n) is 4.90. The molecule has 0 unspecified atom stereocenters. The molecular weight excluding hydrogens is 288 g/mol. The lowest BCUT2D eigenvalue weighted by molar-refractivity contribution is 0.253. The second kappa shape index (κ2) is 7.11. The van der Waals surface area contributed by atoms with Gasteiger partial charge in [0.1, 0.15) is 0 Å². The molecule has 114 valence electrons. The van der Waals surface area contributed by atoms with Gasteiger partial charge in [-0.05, 0) is 55.5 Å². The van der Waals surface area contributed by atoms with Gasteiger partial charge in [-0.3, -0.25) is 9.80 Å². The van der Waals surface area contributed by atoms with E-state index >= 15 is 0 Å². The van der Waals surface area contributed by atoms with Crippen molar-refractivity contribution in [3.63, 3.8) is 0 Å². The maximum atomic E-state index is 12.7. The molecule has 5 nitrogen and oxygen atoms in total. The third-order valence-corrected chi connectivity index (χ3v) is 3.53. The van der Waals surface area contributed by atoms with Gasteiger partial charge >= 0.3 is 6.03 Å². The molecule has 2 amide bonds. The van der Waals surface area contributed by atoms with Gasteiger partial charge in [0, 0.05) is 25.0 Å². The maximum Gasteiger partial charge on any atom is 0.328 e. The molecule has 0 bridgehead atoms. The number of hydrogen-bond donors (Lipinski definition) is 0. The first-order valence-corrected chi connectivity index (χ1v) is 7.16. The lowest BCUT2D eigenvalue weighted by atomic mass is 10.2. The van der Waals surface area contributed by atoms with E-state index in [9.17, 15) is 4.79 Å². The Morgan fingerprint density at radius 2 is 1.35 bits per heavy atom. The van der Waals surface area contributed by atoms with Crippen LogP contribution in [0.5, 0.6) is 0 Å². The van der Waals surface area contributed by atoms with E-state index in [-0.39, 0.29) is 6.03 Å². The van der Waals surface area contributed by atoms with Crippen molar-refractivity contribution in [3.05, 3.63) is 59.7 Å². The Bertz CT molecular complexity index is 767. The number of nitriles is 2. The Labute approximate surface area is 135 Å². The molecule has 23 heavy (non-hydrogen) atoms. The molecule has 0 atom stereocenters. The van der Waals surface area contributed by atoms with E-state index in [2.05, 4.69) is 12.1 Å². The van der Waals surface area contributed by atoms with E-state index in [1.807, 2.05) is 6.92 Å². The summed E-state index contributed by atoms with van der Waals surface area (Å²) in [6.45, 7) is 2.40. The Balaban J connectivity index is 2.24. The van der Waals surface area contributed by atoms with Crippen molar-refractivity contribution in [2.24, 2.45) is 0 Å². The standard InChI is InChI=1S/C18H16N4O/c1-3-22(17-10-6-15(13-20)7-11-17)18(23)21(2)16-8-4-14(12-19)5-9-16/h4-11H,3H2,1-2H3. The molecule has 0 radical (unpaired) electrons. The largest absolute Gasteiger partial charge is 0.328 e. The number of carbonyl (C=O) groups is 1. The smallest absolute Gasteiger partial charge is 0.297 e. The third kappa shape index (κ3) is 3.48. The van der Waals surface area contributed by atoms with Crippen LogP contribution in [0, 0.1) is 22.7 Å². The van der Waals surface area contributed by atoms with Gasteiger partial charge in [-0.2, -0.15) is 10.5 Å². The van der Waals surface area contributed by atoms with Crippen LogP contribution in [0.15, 0.2) is 48.5 Å². The number of hydrogen-bond acceptors (Lipinski definition) is 3. The van der Waals surface area contributed by atoms with Crippen molar-refractivity contribution >= 4 is 17.4 Å². The van der Waals surface area contributed by atoms with Crippen molar-refractivity contribution in [3.8, 4) is 12.1 Å². The molecule has 0 spiro atoms. The van der Waals surface area contributed by atoms with Gasteiger partial charge in [-0.15, -0.1) is 0 Å². The fraction of sp³-hybridized carbons (Fsp3) is 0.167. The Kier molecular flexibility index (Phi) is 4.96. The molecule has 0 aromatic heterocycles. The Morgan fingerprint density at radius 1 is 0.913 bits per heavy atom. The minimum absolute atomic E-state index is 0.179. The zero-order chi connectivity index (χ0) is 16.8. The van der Waals surface area contributed by atoms with Crippen molar-refractivity contribution in [2.45, 2.75) is 6.92 Å². The molecule has 5 heteroatoms. The van der Waals surface area contributed by atoms with Crippen LogP contribution in [0.1, 0.15) is 18.1 Å². The van der Waals surface area contributed by atoms with Crippen molar-refractivity contribution < 1.29 is 4.79 Å². The normalized spacial score (nSPS) is 9.57. The van der Waals surface area contributed by atoms with Crippen LogP contribution in [0.2, 0.25) is 0 Å². The number of anilines is 2. The fourth-order valence-corrected chi connectivity index (χ4v) is 2.20. The highest BCUT2D eigenvalue weighted by molar-refractivity contribution is 6.03. The van der Waals surface area contributed by atoms with Crippen LogP contribution >= 0.6 is 0 Å². The van der Waals surface area contributed by atoms with Gasteiger partial charge in [-0.25, -0.2) is 4.79 Å². The maximum absolute atomic E-state index is 12.7. The van der Waals surface area contributed by atoms with Gasteiger partial charge in [0.25, 0.3) is 0 Å². The molecule has 0 aliphatic carbocycles. The lowest BCUT2D eigenvalue weighted by Crippen LogP contribution is -2.41. The number of nitrogens with zero attached hydrogens (tertiary/aromatic N) is 4. The molecule has 0 heterocycles. The summed E-state index contributed by atoms with van der Waals surface area (Å²) in [4.78, 5) is 15.9. The molecule has 2 aromatic carbocycles. The van der Waals surface area contributed by atoms with Crippen LogP contribution in [0.4, 0.5) is 16.2 Å². The van der Waals surface area contributed by atoms with Crippen LogP contribution in [-0.4, -0.2) is 19.6 Å². The Morgan fingerprint density at radius 3 is 1.74 bits per heavy atom. The second-order valence-corrected chi connectivity index (χ2v) is 4.90. The molecule has 0 fully saturated rings. The van der Waals surface area contributed by atoms with Crippen molar-refractivity contribution in [1.29, 1.82) is 10.5 Å². The highest BCUT2D eigenvalue weighted by Crippen LogP contribution is 2.20. The predicted octanol–water partition coefficient (Wildman–Crippen LogP) is 3.51. The van der Waals surface area contributed by atoms with Gasteiger partial charge in [0.15, 0.2) is 0 Å². The van der Waals surface area contributed by atoms with E-state index in [1.165, 1.54) is 4.90 Å². The van der Waals surface area contributed by atoms with E-state index < -0.39 is 0 Å². The van der Waals surface area contributed by atoms with Crippen LogP contribution < -0.4 is 9.80 Å². The summed E-state index contributed by atoms with van der Waals surface area (Å²) in [5, 5.41) is 17.7. The molecule has 0 N–H and O–H groups in total. The zero-order valence-electron chi connectivity index (χ0n) is 13.0. The van der Waals surface area contributed by atoms with Gasteiger partial charge in [0.05, 0.1) is 23.3 Å². The summed E-state index contributed by atoms with van der Waals surface area (Å²) >= 11 is 0. The summed E-state index contributed by atoms with van der Waals surface area (Å²) in [6.07, 6.45) is 0. The molecule has 0 saturated carbocycles. The number of amides is 2. The minimum atomic E-state index is -0.179. The predicted molar refractivity (Wildman–Crippen MR) is 89.1 cm³/mol. The van der Waals surface area contributed by atoms with Crippen LogP contribution in [-0.2, 0) is 0 Å². The van der Waals surface area contributed by atoms with E-state index in [0.29, 0.717) is 23.4 Å². The van der Waals surface area contributed by atoms with Gasteiger partial charge < -0.3 is 0 Å². The van der Waals surface area contributed by atoms with Crippen LogP contribution in [0.3, 0.4) is 0 Å².